The largest absolute Gasteiger partial charge is 0.472 e. The molecule has 1 heterocycles. The van der Waals surface area contributed by atoms with Crippen LogP contribution in [0.4, 0.5) is 0 Å². The molecule has 0 saturated heterocycles. The van der Waals surface area contributed by atoms with E-state index in [2.05, 4.69) is 28.2 Å². The van der Waals surface area contributed by atoms with Gasteiger partial charge in [0.25, 0.3) is 0 Å². The standard InChI is InChI=1S/C14H15BrClNO/c1-2-6-17-14(10-5-7-18-9-10)12-8-11(15)3-4-13(12)16/h3-5,7-9,14,17H,2,6H2,1H3. The Balaban J connectivity index is 2.36. The minimum atomic E-state index is 0.0636. The van der Waals surface area contributed by atoms with Crippen molar-refractivity contribution < 1.29 is 4.42 Å². The molecule has 0 spiro atoms. The molecule has 0 amide bonds. The highest BCUT2D eigenvalue weighted by Crippen LogP contribution is 2.31. The summed E-state index contributed by atoms with van der Waals surface area (Å²) in [7, 11) is 0. The van der Waals surface area contributed by atoms with Crippen molar-refractivity contribution in [3.63, 3.8) is 0 Å². The van der Waals surface area contributed by atoms with Crippen LogP contribution in [0.25, 0.3) is 0 Å². The number of hydrogen-bond donors (Lipinski definition) is 1. The van der Waals surface area contributed by atoms with E-state index < -0.39 is 0 Å². The summed E-state index contributed by atoms with van der Waals surface area (Å²) in [5.74, 6) is 0. The lowest BCUT2D eigenvalue weighted by Crippen LogP contribution is -2.23. The lowest BCUT2D eigenvalue weighted by Gasteiger charge is -2.19. The molecule has 96 valence electrons. The van der Waals surface area contributed by atoms with Crippen molar-refractivity contribution >= 4 is 27.5 Å². The summed E-state index contributed by atoms with van der Waals surface area (Å²) in [4.78, 5) is 0. The van der Waals surface area contributed by atoms with Crippen molar-refractivity contribution in [3.05, 3.63) is 57.4 Å². The fourth-order valence-electron chi connectivity index (χ4n) is 1.87. The minimum absolute atomic E-state index is 0.0636. The van der Waals surface area contributed by atoms with Crippen LogP contribution in [-0.2, 0) is 0 Å². The van der Waals surface area contributed by atoms with Gasteiger partial charge in [0.15, 0.2) is 0 Å². The number of benzene rings is 1. The second-order valence-electron chi connectivity index (χ2n) is 4.11. The summed E-state index contributed by atoms with van der Waals surface area (Å²) in [6, 6.07) is 7.92. The normalized spacial score (nSPS) is 12.6. The first kappa shape index (κ1) is 13.7. The molecule has 1 aromatic carbocycles. The molecule has 4 heteroatoms. The molecule has 0 saturated carbocycles. The monoisotopic (exact) mass is 327 g/mol. The molecule has 0 aliphatic heterocycles. The molecule has 0 aliphatic carbocycles. The van der Waals surface area contributed by atoms with Crippen molar-refractivity contribution in [2.24, 2.45) is 0 Å². The minimum Gasteiger partial charge on any atom is -0.472 e. The van der Waals surface area contributed by atoms with Gasteiger partial charge >= 0.3 is 0 Å². The highest BCUT2D eigenvalue weighted by atomic mass is 79.9. The second kappa shape index (κ2) is 6.41. The van der Waals surface area contributed by atoms with Gasteiger partial charge in [0.05, 0.1) is 18.6 Å². The van der Waals surface area contributed by atoms with Crippen molar-refractivity contribution in [1.82, 2.24) is 5.32 Å². The zero-order chi connectivity index (χ0) is 13.0. The molecule has 2 rings (SSSR count). The molecular formula is C14H15BrClNO. The van der Waals surface area contributed by atoms with Gasteiger partial charge in [0.2, 0.25) is 0 Å². The van der Waals surface area contributed by atoms with Gasteiger partial charge in [0, 0.05) is 15.1 Å². The van der Waals surface area contributed by atoms with Gasteiger partial charge in [-0.25, -0.2) is 0 Å². The Hall–Kier alpha value is -0.770. The Kier molecular flexibility index (Phi) is 4.87. The molecule has 1 N–H and O–H groups in total. The van der Waals surface area contributed by atoms with Gasteiger partial charge < -0.3 is 9.73 Å². The van der Waals surface area contributed by atoms with Crippen LogP contribution in [-0.4, -0.2) is 6.54 Å². The molecule has 0 aliphatic rings. The van der Waals surface area contributed by atoms with Crippen LogP contribution in [0.1, 0.15) is 30.5 Å². The van der Waals surface area contributed by atoms with Crippen LogP contribution in [0.15, 0.2) is 45.7 Å². The number of rotatable bonds is 5. The number of hydrogen-bond acceptors (Lipinski definition) is 2. The quantitative estimate of drug-likeness (QED) is 0.854. The van der Waals surface area contributed by atoms with Gasteiger partial charge in [-0.1, -0.05) is 34.5 Å². The Bertz CT molecular complexity index is 499. The van der Waals surface area contributed by atoms with Crippen molar-refractivity contribution in [2.45, 2.75) is 19.4 Å². The van der Waals surface area contributed by atoms with Crippen LogP contribution in [0.3, 0.4) is 0 Å². The van der Waals surface area contributed by atoms with E-state index in [4.69, 9.17) is 16.0 Å². The van der Waals surface area contributed by atoms with E-state index in [9.17, 15) is 0 Å². The fraction of sp³-hybridized carbons (Fsp3) is 0.286. The summed E-state index contributed by atoms with van der Waals surface area (Å²) in [5, 5.41) is 4.25. The zero-order valence-electron chi connectivity index (χ0n) is 10.1. The average Bonchev–Trinajstić information content (AvgIpc) is 2.88. The predicted octanol–water partition coefficient (Wildman–Crippen LogP) is 4.78. The smallest absolute Gasteiger partial charge is 0.0953 e. The summed E-state index contributed by atoms with van der Waals surface area (Å²) < 4.78 is 6.19. The molecule has 2 nitrogen and oxygen atoms in total. The molecule has 1 atom stereocenters. The van der Waals surface area contributed by atoms with Gasteiger partial charge in [0.1, 0.15) is 0 Å². The SMILES string of the molecule is CCCNC(c1ccoc1)c1cc(Br)ccc1Cl. The van der Waals surface area contributed by atoms with Gasteiger partial charge in [-0.15, -0.1) is 0 Å². The molecule has 1 unspecified atom stereocenters. The lowest BCUT2D eigenvalue weighted by molar-refractivity contribution is 0.548. The molecule has 1 aromatic heterocycles. The highest BCUT2D eigenvalue weighted by Gasteiger charge is 2.17. The Labute approximate surface area is 120 Å². The Morgan fingerprint density at radius 1 is 1.39 bits per heavy atom. The first-order valence-corrected chi connectivity index (χ1v) is 7.10. The first-order chi connectivity index (χ1) is 8.72. The molecule has 0 radical (unpaired) electrons. The van der Waals surface area contributed by atoms with Crippen LogP contribution >= 0.6 is 27.5 Å². The predicted molar refractivity (Wildman–Crippen MR) is 78.0 cm³/mol. The summed E-state index contributed by atoms with van der Waals surface area (Å²) in [5.41, 5.74) is 2.14. The topological polar surface area (TPSA) is 25.2 Å². The molecule has 0 fully saturated rings. The van der Waals surface area contributed by atoms with E-state index in [1.807, 2.05) is 24.3 Å². The van der Waals surface area contributed by atoms with Crippen molar-refractivity contribution in [2.75, 3.05) is 6.54 Å². The third kappa shape index (κ3) is 3.16. The third-order valence-electron chi connectivity index (χ3n) is 2.74. The lowest BCUT2D eigenvalue weighted by atomic mass is 10.0. The van der Waals surface area contributed by atoms with Crippen molar-refractivity contribution in [1.29, 1.82) is 0 Å². The molecule has 2 aromatic rings. The van der Waals surface area contributed by atoms with Crippen LogP contribution in [0.2, 0.25) is 5.02 Å². The third-order valence-corrected chi connectivity index (χ3v) is 3.58. The van der Waals surface area contributed by atoms with Crippen molar-refractivity contribution in [3.8, 4) is 0 Å². The highest BCUT2D eigenvalue weighted by molar-refractivity contribution is 9.10. The van der Waals surface area contributed by atoms with E-state index in [1.165, 1.54) is 0 Å². The van der Waals surface area contributed by atoms with E-state index in [1.54, 1.807) is 12.5 Å². The zero-order valence-corrected chi connectivity index (χ0v) is 12.5. The fourth-order valence-corrected chi connectivity index (χ4v) is 2.48. The maximum Gasteiger partial charge on any atom is 0.0953 e. The molecule has 0 bridgehead atoms. The number of furan rings is 1. The summed E-state index contributed by atoms with van der Waals surface area (Å²) in [6.45, 7) is 3.07. The van der Waals surface area contributed by atoms with Crippen LogP contribution in [0, 0.1) is 0 Å². The second-order valence-corrected chi connectivity index (χ2v) is 5.43. The van der Waals surface area contributed by atoms with Gasteiger partial charge in [-0.3, -0.25) is 0 Å². The Morgan fingerprint density at radius 3 is 2.89 bits per heavy atom. The van der Waals surface area contributed by atoms with E-state index in [0.717, 1.165) is 33.6 Å². The van der Waals surface area contributed by atoms with E-state index >= 15 is 0 Å². The average molecular weight is 329 g/mol. The molecule has 18 heavy (non-hydrogen) atoms. The molecular weight excluding hydrogens is 314 g/mol. The maximum atomic E-state index is 6.30. The maximum absolute atomic E-state index is 6.30. The number of nitrogens with one attached hydrogen (secondary N) is 1. The van der Waals surface area contributed by atoms with Crippen LogP contribution in [0.5, 0.6) is 0 Å². The Morgan fingerprint density at radius 2 is 2.22 bits per heavy atom. The van der Waals surface area contributed by atoms with E-state index in [-0.39, 0.29) is 6.04 Å². The summed E-state index contributed by atoms with van der Waals surface area (Å²) in [6.07, 6.45) is 4.51. The van der Waals surface area contributed by atoms with Gasteiger partial charge in [-0.2, -0.15) is 0 Å². The van der Waals surface area contributed by atoms with E-state index in [0.29, 0.717) is 0 Å². The van der Waals surface area contributed by atoms with Gasteiger partial charge in [-0.05, 0) is 42.8 Å². The first-order valence-electron chi connectivity index (χ1n) is 5.92. The number of halogens is 2. The summed E-state index contributed by atoms with van der Waals surface area (Å²) >= 11 is 9.78. The van der Waals surface area contributed by atoms with Crippen LogP contribution < -0.4 is 5.32 Å².